The zero-order valence-electron chi connectivity index (χ0n) is 12.5. The average molecular weight is 322 g/mol. The maximum Gasteiger partial charge on any atom is 0.241 e. The van der Waals surface area contributed by atoms with E-state index in [0.29, 0.717) is 5.25 Å². The van der Waals surface area contributed by atoms with Crippen LogP contribution in [0, 0.1) is 6.92 Å². The molecule has 2 aliphatic heterocycles. The molecule has 1 aromatic rings. The first kappa shape index (κ1) is 15.3. The summed E-state index contributed by atoms with van der Waals surface area (Å²) in [7, 11) is 0. The van der Waals surface area contributed by atoms with E-state index in [9.17, 15) is 4.79 Å². The summed E-state index contributed by atoms with van der Waals surface area (Å²) >= 11 is 4.02. The topological polar surface area (TPSA) is 32.3 Å². The normalized spacial score (nSPS) is 29.9. The predicted molar refractivity (Wildman–Crippen MR) is 91.8 cm³/mol. The Morgan fingerprint density at radius 2 is 2.14 bits per heavy atom. The quantitative estimate of drug-likeness (QED) is 0.927. The van der Waals surface area contributed by atoms with Crippen molar-refractivity contribution in [2.24, 2.45) is 0 Å². The Bertz CT molecular complexity index is 517. The smallest absolute Gasteiger partial charge is 0.241 e. The Balaban J connectivity index is 1.81. The summed E-state index contributed by atoms with van der Waals surface area (Å²) in [4.78, 5) is 14.6. The number of rotatable bonds is 3. The van der Waals surface area contributed by atoms with Crippen molar-refractivity contribution in [3.63, 3.8) is 0 Å². The lowest BCUT2D eigenvalue weighted by molar-refractivity contribution is -0.129. The standard InChI is InChI=1S/C16H22N2OS2/c1-11-5-3-4-6-14(11)15-17-12(2)16(19)18(15)9-13-10-20-7-8-21-13/h3-6,12-13,15,17H,7-10H2,1-2H3. The maximum absolute atomic E-state index is 12.5. The van der Waals surface area contributed by atoms with Gasteiger partial charge in [-0.25, -0.2) is 0 Å². The van der Waals surface area contributed by atoms with Crippen molar-refractivity contribution in [3.05, 3.63) is 35.4 Å². The lowest BCUT2D eigenvalue weighted by Gasteiger charge is -2.31. The van der Waals surface area contributed by atoms with Crippen LogP contribution in [0.2, 0.25) is 0 Å². The molecule has 3 nitrogen and oxygen atoms in total. The van der Waals surface area contributed by atoms with Crippen LogP contribution >= 0.6 is 23.5 Å². The van der Waals surface area contributed by atoms with Gasteiger partial charge < -0.3 is 4.90 Å². The van der Waals surface area contributed by atoms with Gasteiger partial charge in [-0.15, -0.1) is 0 Å². The summed E-state index contributed by atoms with van der Waals surface area (Å²) in [6.45, 7) is 4.94. The number of nitrogens with zero attached hydrogens (tertiary/aromatic N) is 1. The first-order valence-corrected chi connectivity index (χ1v) is 9.68. The van der Waals surface area contributed by atoms with Crippen molar-refractivity contribution >= 4 is 29.4 Å². The molecule has 21 heavy (non-hydrogen) atoms. The number of hydrogen-bond acceptors (Lipinski definition) is 4. The van der Waals surface area contributed by atoms with Gasteiger partial charge in [0.05, 0.1) is 6.04 Å². The van der Waals surface area contributed by atoms with E-state index in [2.05, 4.69) is 41.4 Å². The average Bonchev–Trinajstić information content (AvgIpc) is 2.77. The van der Waals surface area contributed by atoms with Crippen molar-refractivity contribution in [2.45, 2.75) is 31.3 Å². The Hall–Kier alpha value is -0.650. The van der Waals surface area contributed by atoms with E-state index >= 15 is 0 Å². The van der Waals surface area contributed by atoms with Crippen LogP contribution in [-0.4, -0.2) is 45.9 Å². The van der Waals surface area contributed by atoms with E-state index in [1.54, 1.807) is 0 Å². The molecular formula is C16H22N2OS2. The lowest BCUT2D eigenvalue weighted by Crippen LogP contribution is -2.38. The van der Waals surface area contributed by atoms with Gasteiger partial charge in [-0.3, -0.25) is 10.1 Å². The zero-order valence-corrected chi connectivity index (χ0v) is 14.2. The number of carbonyl (C=O) groups is 1. The molecule has 0 aromatic heterocycles. The van der Waals surface area contributed by atoms with Crippen LogP contribution in [0.25, 0.3) is 0 Å². The van der Waals surface area contributed by atoms with E-state index in [1.165, 1.54) is 22.6 Å². The molecule has 1 N–H and O–H groups in total. The Kier molecular flexibility index (Phi) is 4.82. The number of nitrogens with one attached hydrogen (secondary N) is 1. The van der Waals surface area contributed by atoms with E-state index in [0.717, 1.165) is 12.3 Å². The van der Waals surface area contributed by atoms with Crippen molar-refractivity contribution in [3.8, 4) is 0 Å². The molecule has 0 bridgehead atoms. The molecule has 2 aliphatic rings. The summed E-state index contributed by atoms with van der Waals surface area (Å²) in [6, 6.07) is 8.27. The molecule has 0 aliphatic carbocycles. The van der Waals surface area contributed by atoms with Crippen LogP contribution < -0.4 is 5.32 Å². The van der Waals surface area contributed by atoms with Crippen molar-refractivity contribution in [1.29, 1.82) is 0 Å². The van der Waals surface area contributed by atoms with Crippen LogP contribution in [0.15, 0.2) is 24.3 Å². The second kappa shape index (κ2) is 6.63. The largest absolute Gasteiger partial charge is 0.320 e. The highest BCUT2D eigenvalue weighted by molar-refractivity contribution is 8.06. The molecule has 2 fully saturated rings. The first-order valence-electron chi connectivity index (χ1n) is 7.48. The summed E-state index contributed by atoms with van der Waals surface area (Å²) in [5.41, 5.74) is 2.47. The predicted octanol–water partition coefficient (Wildman–Crippen LogP) is 2.66. The van der Waals surface area contributed by atoms with Crippen molar-refractivity contribution in [2.75, 3.05) is 23.8 Å². The minimum absolute atomic E-state index is 0.0289. The van der Waals surface area contributed by atoms with Gasteiger partial charge in [0.25, 0.3) is 0 Å². The van der Waals surface area contributed by atoms with E-state index in [4.69, 9.17) is 0 Å². The van der Waals surface area contributed by atoms with Crippen LogP contribution in [0.4, 0.5) is 0 Å². The molecule has 114 valence electrons. The summed E-state index contributed by atoms with van der Waals surface area (Å²) < 4.78 is 0. The van der Waals surface area contributed by atoms with Crippen LogP contribution in [-0.2, 0) is 4.79 Å². The fourth-order valence-electron chi connectivity index (χ4n) is 2.98. The molecule has 3 atom stereocenters. The zero-order chi connectivity index (χ0) is 14.8. The van der Waals surface area contributed by atoms with E-state index < -0.39 is 0 Å². The number of hydrogen-bond donors (Lipinski definition) is 1. The minimum atomic E-state index is -0.0872. The van der Waals surface area contributed by atoms with Crippen LogP contribution in [0.5, 0.6) is 0 Å². The minimum Gasteiger partial charge on any atom is -0.320 e. The van der Waals surface area contributed by atoms with Gasteiger partial charge in [0, 0.05) is 29.1 Å². The Morgan fingerprint density at radius 3 is 2.86 bits per heavy atom. The molecule has 2 saturated heterocycles. The van der Waals surface area contributed by atoms with E-state index in [1.807, 2.05) is 30.4 Å². The monoisotopic (exact) mass is 322 g/mol. The molecule has 1 amide bonds. The molecule has 1 aromatic carbocycles. The second-order valence-electron chi connectivity index (χ2n) is 5.71. The molecule has 3 rings (SSSR count). The van der Waals surface area contributed by atoms with Gasteiger partial charge in [0.15, 0.2) is 0 Å². The maximum atomic E-state index is 12.5. The van der Waals surface area contributed by atoms with Gasteiger partial charge in [0.2, 0.25) is 5.91 Å². The molecule has 2 heterocycles. The first-order chi connectivity index (χ1) is 10.2. The molecule has 3 unspecified atom stereocenters. The SMILES string of the molecule is Cc1ccccc1C1NC(C)C(=O)N1CC1CSCCS1. The van der Waals surface area contributed by atoms with E-state index in [-0.39, 0.29) is 18.1 Å². The van der Waals surface area contributed by atoms with Gasteiger partial charge >= 0.3 is 0 Å². The van der Waals surface area contributed by atoms with Gasteiger partial charge in [0.1, 0.15) is 6.17 Å². The number of benzene rings is 1. The number of carbonyl (C=O) groups excluding carboxylic acids is 1. The Morgan fingerprint density at radius 1 is 1.33 bits per heavy atom. The summed E-state index contributed by atoms with van der Waals surface area (Å²) in [5.74, 6) is 3.84. The lowest BCUT2D eigenvalue weighted by atomic mass is 10.1. The van der Waals surface area contributed by atoms with Crippen molar-refractivity contribution < 1.29 is 4.79 Å². The van der Waals surface area contributed by atoms with Crippen molar-refractivity contribution in [1.82, 2.24) is 10.2 Å². The number of amides is 1. The van der Waals surface area contributed by atoms with Crippen LogP contribution in [0.3, 0.4) is 0 Å². The number of aryl methyl sites for hydroxylation is 1. The van der Waals surface area contributed by atoms with Gasteiger partial charge in [-0.1, -0.05) is 24.3 Å². The third-order valence-corrected chi connectivity index (χ3v) is 6.97. The van der Waals surface area contributed by atoms with Gasteiger partial charge in [-0.2, -0.15) is 23.5 Å². The molecular weight excluding hydrogens is 300 g/mol. The third-order valence-electron chi connectivity index (χ3n) is 4.14. The highest BCUT2D eigenvalue weighted by atomic mass is 32.2. The molecule has 5 heteroatoms. The fraction of sp³-hybridized carbons (Fsp3) is 0.562. The summed E-state index contributed by atoms with van der Waals surface area (Å²) in [5, 5.41) is 4.02. The Labute approximate surface area is 135 Å². The summed E-state index contributed by atoms with van der Waals surface area (Å²) in [6.07, 6.45) is 0.0289. The third kappa shape index (κ3) is 3.25. The number of thioether (sulfide) groups is 2. The molecule has 0 saturated carbocycles. The highest BCUT2D eigenvalue weighted by Gasteiger charge is 2.38. The highest BCUT2D eigenvalue weighted by Crippen LogP contribution is 2.31. The van der Waals surface area contributed by atoms with Gasteiger partial charge in [-0.05, 0) is 25.0 Å². The molecule has 0 radical (unpaired) electrons. The fourth-order valence-corrected chi connectivity index (χ4v) is 5.65. The van der Waals surface area contributed by atoms with Crippen LogP contribution in [0.1, 0.15) is 24.2 Å². The second-order valence-corrected chi connectivity index (χ2v) is 8.26. The molecule has 0 spiro atoms.